The number of thiazole rings is 1. The summed E-state index contributed by atoms with van der Waals surface area (Å²) in [6, 6.07) is 9.47. The van der Waals surface area contributed by atoms with Crippen LogP contribution in [0.25, 0.3) is 10.2 Å². The Labute approximate surface area is 132 Å². The molecule has 22 heavy (non-hydrogen) atoms. The first-order valence-electron chi connectivity index (χ1n) is 6.90. The van der Waals surface area contributed by atoms with Gasteiger partial charge in [-0.1, -0.05) is 24.3 Å². The van der Waals surface area contributed by atoms with Gasteiger partial charge in [-0.25, -0.2) is 9.97 Å². The van der Waals surface area contributed by atoms with E-state index in [1.54, 1.807) is 12.1 Å². The van der Waals surface area contributed by atoms with Gasteiger partial charge in [0.25, 0.3) is 5.91 Å². The summed E-state index contributed by atoms with van der Waals surface area (Å²) in [5, 5.41) is 3.40. The van der Waals surface area contributed by atoms with E-state index in [9.17, 15) is 4.79 Å². The van der Waals surface area contributed by atoms with Gasteiger partial charge in [0, 0.05) is 12.3 Å². The first-order valence-corrected chi connectivity index (χ1v) is 7.72. The zero-order chi connectivity index (χ0) is 15.5. The van der Waals surface area contributed by atoms with Crippen LogP contribution in [0.1, 0.15) is 22.8 Å². The normalized spacial score (nSPS) is 10.6. The molecule has 0 aliphatic rings. The number of aryl methyl sites for hydroxylation is 1. The maximum Gasteiger partial charge on any atom is 0.259 e. The minimum atomic E-state index is -0.232. The first-order chi connectivity index (χ1) is 10.7. The van der Waals surface area contributed by atoms with Crippen molar-refractivity contribution >= 4 is 32.6 Å². The Bertz CT molecular complexity index is 812. The van der Waals surface area contributed by atoms with Crippen LogP contribution in [0.2, 0.25) is 0 Å². The number of rotatable bonds is 4. The Kier molecular flexibility index (Phi) is 4.02. The number of carbonyl (C=O) groups excluding carboxylic acids is 1. The lowest BCUT2D eigenvalue weighted by Crippen LogP contribution is -2.11. The van der Waals surface area contributed by atoms with Crippen LogP contribution in [0.15, 0.2) is 36.5 Å². The molecule has 2 aromatic heterocycles. The molecule has 0 atom stereocenters. The molecule has 3 aromatic rings. The van der Waals surface area contributed by atoms with E-state index in [1.165, 1.54) is 30.2 Å². The number of hydrogen-bond acceptors (Lipinski definition) is 5. The Hall–Kier alpha value is -2.47. The quantitative estimate of drug-likeness (QED) is 0.800. The third-order valence-corrected chi connectivity index (χ3v) is 4.22. The average molecular weight is 313 g/mol. The molecule has 0 radical (unpaired) electrons. The number of nitrogens with zero attached hydrogens (tertiary/aromatic N) is 2. The fraction of sp³-hybridized carbons (Fsp3) is 0.188. The van der Waals surface area contributed by atoms with Gasteiger partial charge < -0.3 is 4.74 Å². The topological polar surface area (TPSA) is 64.1 Å². The summed E-state index contributed by atoms with van der Waals surface area (Å²) < 4.78 is 6.05. The largest absolute Gasteiger partial charge is 0.481 e. The lowest BCUT2D eigenvalue weighted by molar-refractivity contribution is 0.102. The summed E-state index contributed by atoms with van der Waals surface area (Å²) in [6.07, 6.45) is 2.46. The average Bonchev–Trinajstić information content (AvgIpc) is 2.95. The van der Waals surface area contributed by atoms with Crippen molar-refractivity contribution < 1.29 is 9.53 Å². The zero-order valence-electron chi connectivity index (χ0n) is 12.3. The third-order valence-electron chi connectivity index (χ3n) is 3.29. The molecule has 112 valence electrons. The van der Waals surface area contributed by atoms with Gasteiger partial charge in [0.2, 0.25) is 5.88 Å². The highest BCUT2D eigenvalue weighted by atomic mass is 32.1. The molecule has 5 nitrogen and oxygen atoms in total. The summed E-state index contributed by atoms with van der Waals surface area (Å²) in [6.45, 7) is 2.11. The molecule has 1 aromatic carbocycles. The van der Waals surface area contributed by atoms with Gasteiger partial charge in [-0.3, -0.25) is 10.1 Å². The molecule has 3 rings (SSSR count). The molecule has 0 saturated heterocycles. The van der Waals surface area contributed by atoms with E-state index >= 15 is 0 Å². The molecule has 0 aliphatic heterocycles. The summed E-state index contributed by atoms with van der Waals surface area (Å²) in [4.78, 5) is 20.6. The highest BCUT2D eigenvalue weighted by molar-refractivity contribution is 7.22. The predicted octanol–water partition coefficient (Wildman–Crippen LogP) is 3.51. The number of nitrogens with one attached hydrogen (secondary N) is 1. The zero-order valence-corrected chi connectivity index (χ0v) is 13.1. The number of ether oxygens (including phenoxy) is 1. The smallest absolute Gasteiger partial charge is 0.259 e. The molecule has 6 heteroatoms. The van der Waals surface area contributed by atoms with Crippen molar-refractivity contribution in [3.63, 3.8) is 0 Å². The molecule has 1 amide bonds. The second kappa shape index (κ2) is 6.11. The van der Waals surface area contributed by atoms with E-state index in [2.05, 4.69) is 34.3 Å². The van der Waals surface area contributed by atoms with Gasteiger partial charge >= 0.3 is 0 Å². The van der Waals surface area contributed by atoms with E-state index in [0.717, 1.165) is 16.6 Å². The van der Waals surface area contributed by atoms with E-state index in [4.69, 9.17) is 4.74 Å². The van der Waals surface area contributed by atoms with Crippen LogP contribution in [-0.4, -0.2) is 23.0 Å². The maximum absolute atomic E-state index is 12.2. The molecule has 2 heterocycles. The Morgan fingerprint density at radius 2 is 2.18 bits per heavy atom. The number of anilines is 1. The number of fused-ring (bicyclic) bond motifs is 1. The van der Waals surface area contributed by atoms with Crippen LogP contribution >= 0.6 is 11.3 Å². The van der Waals surface area contributed by atoms with Crippen LogP contribution < -0.4 is 10.1 Å². The summed E-state index contributed by atoms with van der Waals surface area (Å²) in [5.74, 6) is 0.244. The van der Waals surface area contributed by atoms with Crippen molar-refractivity contribution in [3.05, 3.63) is 47.7 Å². The monoisotopic (exact) mass is 313 g/mol. The fourth-order valence-corrected chi connectivity index (χ4v) is 2.97. The number of hydrogen-bond donors (Lipinski definition) is 1. The SMILES string of the molecule is CCc1ccc2nc(NC(=O)c3ccc(OC)nc3)sc2c1. The van der Waals surface area contributed by atoms with Gasteiger partial charge in [0.05, 0.1) is 22.9 Å². The van der Waals surface area contributed by atoms with Gasteiger partial charge in [0.15, 0.2) is 5.13 Å². The van der Waals surface area contributed by atoms with Gasteiger partial charge in [-0.15, -0.1) is 0 Å². The minimum Gasteiger partial charge on any atom is -0.481 e. The van der Waals surface area contributed by atoms with Crippen molar-refractivity contribution in [1.82, 2.24) is 9.97 Å². The van der Waals surface area contributed by atoms with Crippen LogP contribution in [0.5, 0.6) is 5.88 Å². The minimum absolute atomic E-state index is 0.232. The van der Waals surface area contributed by atoms with Crippen LogP contribution in [-0.2, 0) is 6.42 Å². The van der Waals surface area contributed by atoms with Crippen LogP contribution in [0.4, 0.5) is 5.13 Å². The van der Waals surface area contributed by atoms with Crippen LogP contribution in [0, 0.1) is 0 Å². The molecular formula is C16H15N3O2S. The summed E-state index contributed by atoms with van der Waals surface area (Å²) >= 11 is 1.47. The number of carbonyl (C=O) groups is 1. The molecule has 0 spiro atoms. The van der Waals surface area contributed by atoms with Gasteiger partial charge in [-0.05, 0) is 30.2 Å². The first kappa shape index (κ1) is 14.5. The molecule has 0 aliphatic carbocycles. The highest BCUT2D eigenvalue weighted by Gasteiger charge is 2.10. The molecule has 0 fully saturated rings. The van der Waals surface area contributed by atoms with E-state index in [1.807, 2.05) is 6.07 Å². The maximum atomic E-state index is 12.2. The second-order valence-corrected chi connectivity index (χ2v) is 5.75. The Morgan fingerprint density at radius 3 is 2.86 bits per heavy atom. The van der Waals surface area contributed by atoms with Gasteiger partial charge in [0.1, 0.15) is 0 Å². The molecule has 0 saturated carbocycles. The number of methoxy groups -OCH3 is 1. The van der Waals surface area contributed by atoms with Crippen molar-refractivity contribution in [2.75, 3.05) is 12.4 Å². The number of aromatic nitrogens is 2. The number of benzene rings is 1. The Morgan fingerprint density at radius 1 is 1.32 bits per heavy atom. The third kappa shape index (κ3) is 2.92. The number of amides is 1. The van der Waals surface area contributed by atoms with Gasteiger partial charge in [-0.2, -0.15) is 0 Å². The molecule has 1 N–H and O–H groups in total. The molecule has 0 bridgehead atoms. The lowest BCUT2D eigenvalue weighted by Gasteiger charge is -2.02. The van der Waals surface area contributed by atoms with E-state index < -0.39 is 0 Å². The summed E-state index contributed by atoms with van der Waals surface area (Å²) in [5.41, 5.74) is 2.62. The predicted molar refractivity (Wildman–Crippen MR) is 87.7 cm³/mol. The Balaban J connectivity index is 1.80. The van der Waals surface area contributed by atoms with Crippen molar-refractivity contribution in [1.29, 1.82) is 0 Å². The van der Waals surface area contributed by atoms with E-state index in [0.29, 0.717) is 16.6 Å². The van der Waals surface area contributed by atoms with Crippen molar-refractivity contribution in [2.24, 2.45) is 0 Å². The van der Waals surface area contributed by atoms with Crippen molar-refractivity contribution in [3.8, 4) is 5.88 Å². The van der Waals surface area contributed by atoms with Crippen LogP contribution in [0.3, 0.4) is 0 Å². The fourth-order valence-electron chi connectivity index (χ4n) is 2.05. The molecular weight excluding hydrogens is 298 g/mol. The number of pyridine rings is 1. The highest BCUT2D eigenvalue weighted by Crippen LogP contribution is 2.27. The van der Waals surface area contributed by atoms with E-state index in [-0.39, 0.29) is 5.91 Å². The molecule has 0 unspecified atom stereocenters. The summed E-state index contributed by atoms with van der Waals surface area (Å²) in [7, 11) is 1.54. The van der Waals surface area contributed by atoms with Crippen molar-refractivity contribution in [2.45, 2.75) is 13.3 Å². The lowest BCUT2D eigenvalue weighted by atomic mass is 10.2. The second-order valence-electron chi connectivity index (χ2n) is 4.72. The standard InChI is InChI=1S/C16H15N3O2S/c1-3-10-4-6-12-13(8-10)22-16(18-12)19-15(20)11-5-7-14(21-2)17-9-11/h4-9H,3H2,1-2H3,(H,18,19,20).